The van der Waals surface area contributed by atoms with E-state index in [1.165, 1.54) is 39.2 Å². The van der Waals surface area contributed by atoms with Crippen LogP contribution in [0.2, 0.25) is 0 Å². The normalized spacial score (nSPS) is 12.1. The first-order valence-electron chi connectivity index (χ1n) is 20.4. The van der Waals surface area contributed by atoms with E-state index in [9.17, 15) is 0 Å². The zero-order chi connectivity index (χ0) is 40.9. The number of rotatable bonds is 11. The molecule has 0 spiro atoms. The van der Waals surface area contributed by atoms with Crippen molar-refractivity contribution in [2.24, 2.45) is 0 Å². The second kappa shape index (κ2) is 17.5. The summed E-state index contributed by atoms with van der Waals surface area (Å²) in [5, 5.41) is 0.964. The van der Waals surface area contributed by atoms with Gasteiger partial charge in [-0.2, -0.15) is 4.58 Å². The van der Waals surface area contributed by atoms with E-state index < -0.39 is 0 Å². The van der Waals surface area contributed by atoms with Crippen LogP contribution in [0.5, 0.6) is 0 Å². The molecule has 0 bridgehead atoms. The van der Waals surface area contributed by atoms with Crippen LogP contribution in [0.25, 0.3) is 21.5 Å². The van der Waals surface area contributed by atoms with E-state index in [1.54, 1.807) is 11.3 Å². The Morgan fingerprint density at radius 3 is 1.76 bits per heavy atom. The van der Waals surface area contributed by atoms with Crippen molar-refractivity contribution in [2.45, 2.75) is 55.4 Å². The zero-order valence-corrected chi connectivity index (χ0v) is 35.9. The van der Waals surface area contributed by atoms with Crippen LogP contribution >= 0.6 is 11.3 Å². The number of anilines is 4. The van der Waals surface area contributed by atoms with E-state index >= 15 is 0 Å². The molecule has 0 fully saturated rings. The van der Waals surface area contributed by atoms with Gasteiger partial charge in [0, 0.05) is 69.4 Å². The van der Waals surface area contributed by atoms with Crippen LogP contribution in [0, 0.1) is 41.2 Å². The van der Waals surface area contributed by atoms with Gasteiger partial charge in [-0.3, -0.25) is 0 Å². The summed E-state index contributed by atoms with van der Waals surface area (Å²) in [6.45, 7) is 28.7. The highest BCUT2D eigenvalue weighted by molar-refractivity contribution is 7.18. The second-order valence-corrected chi connectivity index (χ2v) is 15.9. The lowest BCUT2D eigenvalue weighted by Crippen LogP contribution is -2.18. The molecule has 1 aliphatic rings. The highest BCUT2D eigenvalue weighted by Gasteiger charge is 2.29. The Bertz CT molecular complexity index is 2570. The number of hydrogen-bond acceptors (Lipinski definition) is 3. The van der Waals surface area contributed by atoms with Gasteiger partial charge in [-0.05, 0) is 119 Å². The summed E-state index contributed by atoms with van der Waals surface area (Å²) in [6.07, 6.45) is 9.07. The van der Waals surface area contributed by atoms with Gasteiger partial charge in [0.2, 0.25) is 17.1 Å². The zero-order valence-electron chi connectivity index (χ0n) is 35.1. The van der Waals surface area contributed by atoms with Crippen molar-refractivity contribution in [2.75, 3.05) is 29.4 Å². The quantitative estimate of drug-likeness (QED) is 0.0960. The van der Waals surface area contributed by atoms with Crippen molar-refractivity contribution in [1.82, 2.24) is 0 Å². The molecule has 4 nitrogen and oxygen atoms in total. The summed E-state index contributed by atoms with van der Waals surface area (Å²) in [5.74, 6) is 0. The molecule has 0 amide bonds. The van der Waals surface area contributed by atoms with Crippen molar-refractivity contribution in [3.63, 3.8) is 0 Å². The molecule has 0 aliphatic heterocycles. The van der Waals surface area contributed by atoms with Crippen LogP contribution in [0.3, 0.4) is 0 Å². The van der Waals surface area contributed by atoms with Gasteiger partial charge in [0.1, 0.15) is 11.5 Å². The molecule has 0 unspecified atom stereocenters. The fraction of sp³-hybridized carbons (Fsp3) is 0.208. The molecule has 0 saturated heterocycles. The first-order valence-corrected chi connectivity index (χ1v) is 21.2. The number of hydrogen-bond donors (Lipinski definition) is 0. The summed E-state index contributed by atoms with van der Waals surface area (Å²) in [5.41, 5.74) is 18.2. The summed E-state index contributed by atoms with van der Waals surface area (Å²) < 4.78 is 2.41. The minimum absolute atomic E-state index is 0.682. The van der Waals surface area contributed by atoms with E-state index in [0.29, 0.717) is 5.69 Å². The van der Waals surface area contributed by atoms with Gasteiger partial charge in [-0.15, -0.1) is 11.3 Å². The largest absolute Gasteiger partial charge is 0.342 e. The van der Waals surface area contributed by atoms with Crippen molar-refractivity contribution in [3.05, 3.63) is 195 Å². The van der Waals surface area contributed by atoms with E-state index in [-0.39, 0.29) is 0 Å². The topological polar surface area (TPSA) is 13.8 Å². The predicted molar refractivity (Wildman–Crippen MR) is 251 cm³/mol. The molecule has 7 rings (SSSR count). The van der Waals surface area contributed by atoms with Crippen molar-refractivity contribution < 1.29 is 4.58 Å². The van der Waals surface area contributed by atoms with Gasteiger partial charge in [0.05, 0.1) is 6.57 Å². The van der Waals surface area contributed by atoms with Gasteiger partial charge < -0.3 is 9.80 Å². The number of thiophene rings is 1. The highest BCUT2D eigenvalue weighted by atomic mass is 32.1. The fourth-order valence-electron chi connectivity index (χ4n) is 8.48. The predicted octanol–water partition coefficient (Wildman–Crippen LogP) is 14.6. The minimum atomic E-state index is 0.682. The monoisotopic (exact) mass is 777 g/mol. The first-order chi connectivity index (χ1) is 28.2. The molecule has 0 saturated carbocycles. The van der Waals surface area contributed by atoms with E-state index in [0.717, 1.165) is 74.4 Å². The average molecular weight is 778 g/mol. The smallest absolute Gasteiger partial charge is 0.229 e. The summed E-state index contributed by atoms with van der Waals surface area (Å²) >= 11 is 1.73. The van der Waals surface area contributed by atoms with Crippen molar-refractivity contribution >= 4 is 56.1 Å². The molecular weight excluding hydrogens is 725 g/mol. The summed E-state index contributed by atoms with van der Waals surface area (Å²) in [6, 6.07) is 41.1. The van der Waals surface area contributed by atoms with E-state index in [1.807, 2.05) is 6.07 Å². The Kier molecular flexibility index (Phi) is 12.1. The summed E-state index contributed by atoms with van der Waals surface area (Å²) in [4.78, 5) is 10.2. The third kappa shape index (κ3) is 7.61. The van der Waals surface area contributed by atoms with Crippen molar-refractivity contribution in [1.29, 1.82) is 0 Å². The Morgan fingerprint density at radius 2 is 1.19 bits per heavy atom. The maximum Gasteiger partial charge on any atom is 0.229 e. The van der Waals surface area contributed by atoms with Crippen LogP contribution in [0.15, 0.2) is 145 Å². The molecule has 1 aromatic heterocycles. The molecular formula is C53H53N4S+. The molecule has 0 atom stereocenters. The van der Waals surface area contributed by atoms with Gasteiger partial charge in [0.25, 0.3) is 0 Å². The Balaban J connectivity index is 1.48. The standard InChI is InChI=1S/C53H53N4S/c1-10-55(50-37(5)21-18-22-38(50)6)44-32-28-42(29-33-44)47(43-30-34-45(35-31-43)56(11-2)51-39(7)23-19-24-40(51)8)52-48(41-25-14-13-15-26-41)49(54-9)53(58-52)57(12-3)46-27-17-16-20-36(46)4/h13-35H,10-12H2,1-8H3/q+1. The second-order valence-electron chi connectivity index (χ2n) is 14.9. The van der Waals surface area contributed by atoms with Crippen LogP contribution in [-0.4, -0.2) is 29.9 Å². The molecule has 0 N–H and O–H groups in total. The van der Waals surface area contributed by atoms with Crippen LogP contribution < -0.4 is 9.80 Å². The van der Waals surface area contributed by atoms with Crippen LogP contribution in [0.4, 0.5) is 33.4 Å². The molecule has 0 radical (unpaired) electrons. The molecule has 1 aliphatic carbocycles. The van der Waals surface area contributed by atoms with Crippen LogP contribution in [-0.2, 0) is 0 Å². The number of allylic oxidation sites excluding steroid dienone is 5. The first kappa shape index (κ1) is 40.0. The Morgan fingerprint density at radius 1 is 0.621 bits per heavy atom. The molecule has 58 heavy (non-hydrogen) atoms. The number of para-hydroxylation sites is 3. The minimum Gasteiger partial charge on any atom is -0.342 e. The van der Waals surface area contributed by atoms with Crippen molar-refractivity contribution in [3.8, 4) is 11.1 Å². The van der Waals surface area contributed by atoms with Gasteiger partial charge in [-0.25, -0.2) is 4.85 Å². The SMILES string of the molecule is [C-]#[N+]c1c(N(CC)c2ccccc2C)sc(C(=C2C=CC(=[N+](CC)c3c(C)cccc3C)C=C2)c2ccc(N(CC)c3c(C)cccc3C)cc2)c1-c1ccccc1. The fourth-order valence-corrected chi connectivity index (χ4v) is 9.91. The Hall–Kier alpha value is -6.22. The third-order valence-corrected chi connectivity index (χ3v) is 12.4. The average Bonchev–Trinajstić information content (AvgIpc) is 3.61. The van der Waals surface area contributed by atoms with Gasteiger partial charge in [0.15, 0.2) is 0 Å². The third-order valence-electron chi connectivity index (χ3n) is 11.2. The Labute approximate surface area is 349 Å². The van der Waals surface area contributed by atoms with Gasteiger partial charge in [-0.1, -0.05) is 97.1 Å². The summed E-state index contributed by atoms with van der Waals surface area (Å²) in [7, 11) is 0. The number of nitrogens with zero attached hydrogens (tertiary/aromatic N) is 4. The lowest BCUT2D eigenvalue weighted by molar-refractivity contribution is -0.435. The maximum absolute atomic E-state index is 8.73. The van der Waals surface area contributed by atoms with E-state index in [2.05, 4.69) is 208 Å². The molecule has 6 aromatic rings. The molecule has 5 aromatic carbocycles. The van der Waals surface area contributed by atoms with E-state index in [4.69, 9.17) is 6.57 Å². The lowest BCUT2D eigenvalue weighted by Gasteiger charge is -2.27. The molecule has 5 heteroatoms. The highest BCUT2D eigenvalue weighted by Crippen LogP contribution is 2.54. The maximum atomic E-state index is 8.73. The lowest BCUT2D eigenvalue weighted by atomic mass is 9.91. The molecule has 290 valence electrons. The molecule has 1 heterocycles. The number of benzene rings is 5. The van der Waals surface area contributed by atoms with Gasteiger partial charge >= 0.3 is 0 Å². The van der Waals surface area contributed by atoms with Crippen LogP contribution in [0.1, 0.15) is 59.0 Å². The number of aryl methyl sites for hydroxylation is 5.